The minimum Gasteiger partial charge on any atom is -0.465 e. The van der Waals surface area contributed by atoms with Crippen LogP contribution >= 0.6 is 0 Å². The van der Waals surface area contributed by atoms with Gasteiger partial charge >= 0.3 is 5.97 Å². The molecule has 43 heavy (non-hydrogen) atoms. The number of ether oxygens (including phenoxy) is 1. The second kappa shape index (κ2) is 11.3. The van der Waals surface area contributed by atoms with Crippen LogP contribution in [0.4, 0.5) is 0 Å². The summed E-state index contributed by atoms with van der Waals surface area (Å²) in [6.45, 7) is 1.07. The number of esters is 1. The molecule has 2 aliphatic carbocycles. The first-order valence-electron chi connectivity index (χ1n) is 15.2. The largest absolute Gasteiger partial charge is 0.465 e. The molecule has 1 N–H and O–H groups in total. The topological polar surface area (TPSA) is 92.4 Å². The van der Waals surface area contributed by atoms with Crippen molar-refractivity contribution < 1.29 is 19.1 Å². The Labute approximate surface area is 251 Å². The number of H-pyrrole nitrogens is 1. The number of benzene rings is 3. The summed E-state index contributed by atoms with van der Waals surface area (Å²) in [6.07, 6.45) is 6.58. The Morgan fingerprint density at radius 2 is 1.84 bits per heavy atom. The normalized spacial score (nSPS) is 19.0. The zero-order chi connectivity index (χ0) is 29.5. The molecule has 2 heterocycles. The zero-order valence-corrected chi connectivity index (χ0v) is 24.3. The smallest absolute Gasteiger partial charge is 0.337 e. The lowest BCUT2D eigenvalue weighted by atomic mass is 9.85. The van der Waals surface area contributed by atoms with Crippen molar-refractivity contribution in [2.45, 2.75) is 56.9 Å². The minimum atomic E-state index is -0.372. The molecule has 2 saturated carbocycles. The van der Waals surface area contributed by atoms with Crippen molar-refractivity contribution >= 4 is 17.7 Å². The second-order valence-electron chi connectivity index (χ2n) is 12.1. The van der Waals surface area contributed by atoms with E-state index in [0.29, 0.717) is 61.1 Å². The first kappa shape index (κ1) is 27.3. The van der Waals surface area contributed by atoms with Gasteiger partial charge in [0.05, 0.1) is 30.1 Å². The third kappa shape index (κ3) is 5.40. The lowest BCUT2D eigenvalue weighted by molar-refractivity contribution is -0.120. The molecule has 2 unspecified atom stereocenters. The molecule has 1 aliphatic heterocycles. The van der Waals surface area contributed by atoms with E-state index in [-0.39, 0.29) is 17.8 Å². The van der Waals surface area contributed by atoms with Crippen LogP contribution in [0, 0.1) is 5.92 Å². The van der Waals surface area contributed by atoms with Gasteiger partial charge in [-0.3, -0.25) is 14.7 Å². The van der Waals surface area contributed by atoms with Gasteiger partial charge in [-0.05, 0) is 83.5 Å². The Morgan fingerprint density at radius 1 is 1.00 bits per heavy atom. The van der Waals surface area contributed by atoms with Gasteiger partial charge in [-0.2, -0.15) is 5.10 Å². The van der Waals surface area contributed by atoms with Gasteiger partial charge in [0.25, 0.3) is 5.91 Å². The maximum absolute atomic E-state index is 13.7. The number of fused-ring (bicyclic) bond motifs is 1. The predicted octanol–water partition coefficient (Wildman–Crippen LogP) is 6.24. The number of aryl methyl sites for hydroxylation is 1. The fourth-order valence-corrected chi connectivity index (χ4v) is 6.73. The molecule has 1 amide bonds. The lowest BCUT2D eigenvalue weighted by Gasteiger charge is -2.32. The number of carbonyl (C=O) groups is 3. The molecule has 7 nitrogen and oxygen atoms in total. The van der Waals surface area contributed by atoms with Crippen molar-refractivity contribution in [1.82, 2.24) is 15.1 Å². The number of nitrogens with one attached hydrogen (secondary N) is 1. The second-order valence-corrected chi connectivity index (χ2v) is 12.1. The quantitative estimate of drug-likeness (QED) is 0.239. The number of Topliss-reactive ketones (excluding diaryl/α,β-unsaturated/α-hetero) is 1. The molecule has 0 saturated heterocycles. The molecular formula is C36H35N3O4. The number of methoxy groups -OCH3 is 1. The van der Waals surface area contributed by atoms with Crippen molar-refractivity contribution in [3.05, 3.63) is 112 Å². The van der Waals surface area contributed by atoms with Crippen molar-refractivity contribution in [3.8, 4) is 11.1 Å². The van der Waals surface area contributed by atoms with E-state index in [9.17, 15) is 14.4 Å². The van der Waals surface area contributed by atoms with Crippen LogP contribution in [-0.4, -0.2) is 46.4 Å². The maximum Gasteiger partial charge on any atom is 0.337 e. The molecule has 218 valence electrons. The van der Waals surface area contributed by atoms with Crippen LogP contribution in [0.5, 0.6) is 0 Å². The van der Waals surface area contributed by atoms with Gasteiger partial charge in [-0.15, -0.1) is 0 Å². The third-order valence-corrected chi connectivity index (χ3v) is 9.35. The van der Waals surface area contributed by atoms with E-state index >= 15 is 0 Å². The van der Waals surface area contributed by atoms with Gasteiger partial charge in [-0.25, -0.2) is 4.79 Å². The number of ketones is 1. The SMILES string of the molecule is COC(=O)c1cccc(-c2ccc(CCC(=O)C3CC3c3ccccc3)c3c2CCN(C(=O)c2cn[nH]c2C2CC2)C3)c1. The Morgan fingerprint density at radius 3 is 2.63 bits per heavy atom. The molecule has 1 aromatic heterocycles. The van der Waals surface area contributed by atoms with Crippen LogP contribution in [0.25, 0.3) is 11.1 Å². The van der Waals surface area contributed by atoms with Crippen LogP contribution in [0.3, 0.4) is 0 Å². The van der Waals surface area contributed by atoms with Gasteiger partial charge in [0.1, 0.15) is 5.78 Å². The highest BCUT2D eigenvalue weighted by molar-refractivity contribution is 5.96. The predicted molar refractivity (Wildman–Crippen MR) is 163 cm³/mol. The highest BCUT2D eigenvalue weighted by Gasteiger charge is 2.43. The molecule has 0 bridgehead atoms. The molecule has 7 heteroatoms. The summed E-state index contributed by atoms with van der Waals surface area (Å²) in [5, 5.41) is 7.26. The highest BCUT2D eigenvalue weighted by Crippen LogP contribution is 2.48. The molecule has 2 fully saturated rings. The summed E-state index contributed by atoms with van der Waals surface area (Å²) in [7, 11) is 1.39. The highest BCUT2D eigenvalue weighted by atomic mass is 16.5. The number of carbonyl (C=O) groups excluding carboxylic acids is 3. The summed E-state index contributed by atoms with van der Waals surface area (Å²) in [5.41, 5.74) is 8.77. The first-order chi connectivity index (χ1) is 21.0. The number of aromatic nitrogens is 2. The Kier molecular flexibility index (Phi) is 7.17. The van der Waals surface area contributed by atoms with Gasteiger partial charge in [0.2, 0.25) is 0 Å². The third-order valence-electron chi connectivity index (χ3n) is 9.35. The number of amides is 1. The molecule has 0 spiro atoms. The standard InChI is InChI=1S/C36H35N3O4/c1-43-36(42)26-9-5-8-25(18-26)27-14-12-23(13-15-33(40)30-19-29(30)22-6-3-2-4-7-22)32-21-39(17-16-28(27)32)35(41)31-20-37-38-34(31)24-10-11-24/h2-9,12,14,18,20,24,29-30H,10-11,13,15-17,19,21H2,1H3,(H,37,38). The van der Waals surface area contributed by atoms with Crippen LogP contribution < -0.4 is 0 Å². The number of nitrogens with zero attached hydrogens (tertiary/aromatic N) is 2. The molecule has 0 radical (unpaired) electrons. The molecule has 2 atom stereocenters. The maximum atomic E-state index is 13.7. The monoisotopic (exact) mass is 573 g/mol. The van der Waals surface area contributed by atoms with E-state index in [4.69, 9.17) is 4.74 Å². The number of hydrogen-bond acceptors (Lipinski definition) is 5. The molecule has 4 aromatic rings. The Hall–Kier alpha value is -4.52. The Bertz CT molecular complexity index is 1700. The van der Waals surface area contributed by atoms with Crippen molar-refractivity contribution in [2.75, 3.05) is 13.7 Å². The van der Waals surface area contributed by atoms with Crippen molar-refractivity contribution in [3.63, 3.8) is 0 Å². The fourth-order valence-electron chi connectivity index (χ4n) is 6.73. The van der Waals surface area contributed by atoms with Gasteiger partial charge in [0.15, 0.2) is 0 Å². The van der Waals surface area contributed by atoms with Crippen molar-refractivity contribution in [2.24, 2.45) is 5.92 Å². The van der Waals surface area contributed by atoms with Crippen LogP contribution in [0.1, 0.15) is 86.2 Å². The molecule has 7 rings (SSSR count). The Balaban J connectivity index is 1.17. The zero-order valence-electron chi connectivity index (χ0n) is 24.3. The summed E-state index contributed by atoms with van der Waals surface area (Å²) < 4.78 is 4.96. The number of hydrogen-bond donors (Lipinski definition) is 1. The first-order valence-corrected chi connectivity index (χ1v) is 15.2. The van der Waals surface area contributed by atoms with E-state index in [1.54, 1.807) is 12.3 Å². The van der Waals surface area contributed by atoms with Gasteiger partial charge < -0.3 is 9.64 Å². The summed E-state index contributed by atoms with van der Waals surface area (Å²) in [5.74, 6) is 0.771. The number of rotatable bonds is 9. The average molecular weight is 574 g/mol. The van der Waals surface area contributed by atoms with E-state index < -0.39 is 0 Å². The molecule has 3 aliphatic rings. The van der Waals surface area contributed by atoms with E-state index in [0.717, 1.165) is 47.2 Å². The van der Waals surface area contributed by atoms with Gasteiger partial charge in [-0.1, -0.05) is 54.6 Å². The summed E-state index contributed by atoms with van der Waals surface area (Å²) in [6, 6.07) is 22.0. The summed E-state index contributed by atoms with van der Waals surface area (Å²) >= 11 is 0. The van der Waals surface area contributed by atoms with E-state index in [2.05, 4.69) is 34.5 Å². The van der Waals surface area contributed by atoms with E-state index in [1.807, 2.05) is 41.3 Å². The van der Waals surface area contributed by atoms with Crippen LogP contribution in [0.2, 0.25) is 0 Å². The van der Waals surface area contributed by atoms with E-state index in [1.165, 1.54) is 18.2 Å². The fraction of sp³-hybridized carbons (Fsp3) is 0.333. The van der Waals surface area contributed by atoms with Crippen molar-refractivity contribution in [1.29, 1.82) is 0 Å². The number of aromatic amines is 1. The summed E-state index contributed by atoms with van der Waals surface area (Å²) in [4.78, 5) is 41.2. The molecular weight excluding hydrogens is 538 g/mol. The minimum absolute atomic E-state index is 0.00472. The lowest BCUT2D eigenvalue weighted by Crippen LogP contribution is -2.37. The average Bonchev–Trinajstić information content (AvgIpc) is 4.00. The molecule has 3 aromatic carbocycles. The van der Waals surface area contributed by atoms with Gasteiger partial charge in [0, 0.05) is 31.3 Å². The van der Waals surface area contributed by atoms with Crippen LogP contribution in [-0.2, 0) is 28.9 Å². The van der Waals surface area contributed by atoms with Crippen LogP contribution in [0.15, 0.2) is 72.9 Å².